The number of carbonyl (C=O) groups is 2. The zero-order valence-corrected chi connectivity index (χ0v) is 19.3. The molecule has 174 valence electrons. The molecule has 5 rings (SSSR count). The largest absolute Gasteiger partial charge is 0.478 e. The van der Waals surface area contributed by atoms with Gasteiger partial charge in [0.25, 0.3) is 0 Å². The molecule has 4 heteroatoms. The van der Waals surface area contributed by atoms with Crippen molar-refractivity contribution in [3.8, 4) is 44.5 Å². The Balaban J connectivity index is 1.82. The van der Waals surface area contributed by atoms with Gasteiger partial charge in [-0.15, -0.1) is 0 Å². The summed E-state index contributed by atoms with van der Waals surface area (Å²) >= 11 is 0. The van der Waals surface area contributed by atoms with Gasteiger partial charge in [0, 0.05) is 0 Å². The van der Waals surface area contributed by atoms with Crippen molar-refractivity contribution in [1.29, 1.82) is 0 Å². The minimum Gasteiger partial charge on any atom is -0.478 e. The average Bonchev–Trinajstić information content (AvgIpc) is 2.93. The van der Waals surface area contributed by atoms with E-state index in [1.54, 1.807) is 24.3 Å². The summed E-state index contributed by atoms with van der Waals surface area (Å²) in [5.74, 6) is -1.93. The molecule has 0 bridgehead atoms. The van der Waals surface area contributed by atoms with Crippen LogP contribution >= 0.6 is 0 Å². The predicted molar refractivity (Wildman–Crippen MR) is 142 cm³/mol. The zero-order chi connectivity index (χ0) is 25.1. The molecule has 0 saturated carbocycles. The van der Waals surface area contributed by atoms with Gasteiger partial charge in [0.15, 0.2) is 0 Å². The number of rotatable bonds is 6. The lowest BCUT2D eigenvalue weighted by Crippen LogP contribution is -1.98. The Morgan fingerprint density at radius 3 is 1.03 bits per heavy atom. The van der Waals surface area contributed by atoms with Gasteiger partial charge in [-0.3, -0.25) is 0 Å². The summed E-state index contributed by atoms with van der Waals surface area (Å²) in [5, 5.41) is 18.7. The molecule has 0 aromatic heterocycles. The quantitative estimate of drug-likeness (QED) is 0.266. The van der Waals surface area contributed by atoms with Gasteiger partial charge < -0.3 is 10.2 Å². The van der Waals surface area contributed by atoms with E-state index in [9.17, 15) is 19.8 Å². The maximum atomic E-state index is 11.4. The van der Waals surface area contributed by atoms with E-state index in [-0.39, 0.29) is 11.1 Å². The van der Waals surface area contributed by atoms with Gasteiger partial charge in [-0.1, -0.05) is 97.1 Å². The maximum Gasteiger partial charge on any atom is 0.335 e. The highest BCUT2D eigenvalue weighted by Crippen LogP contribution is 2.45. The summed E-state index contributed by atoms with van der Waals surface area (Å²) in [6.07, 6.45) is 0. The third kappa shape index (κ3) is 4.40. The van der Waals surface area contributed by atoms with Crippen LogP contribution in [0, 0.1) is 0 Å². The van der Waals surface area contributed by atoms with Crippen molar-refractivity contribution in [3.63, 3.8) is 0 Å². The number of hydrogen-bond donors (Lipinski definition) is 2. The smallest absolute Gasteiger partial charge is 0.335 e. The first-order chi connectivity index (χ1) is 17.5. The third-order valence-electron chi connectivity index (χ3n) is 6.22. The molecule has 0 saturated heterocycles. The molecule has 36 heavy (non-hydrogen) atoms. The fourth-order valence-corrected chi connectivity index (χ4v) is 4.48. The lowest BCUT2D eigenvalue weighted by molar-refractivity contribution is 0.0686. The molecule has 0 spiro atoms. The van der Waals surface area contributed by atoms with Crippen LogP contribution in [0.1, 0.15) is 20.7 Å². The molecule has 0 aliphatic heterocycles. The van der Waals surface area contributed by atoms with E-state index in [2.05, 4.69) is 24.3 Å². The van der Waals surface area contributed by atoms with E-state index in [0.717, 1.165) is 44.5 Å². The molecular formula is C32H22O4. The van der Waals surface area contributed by atoms with Crippen molar-refractivity contribution < 1.29 is 19.8 Å². The van der Waals surface area contributed by atoms with E-state index in [1.165, 1.54) is 0 Å². The molecule has 0 aliphatic rings. The van der Waals surface area contributed by atoms with Gasteiger partial charge in [-0.2, -0.15) is 0 Å². The Labute approximate surface area is 208 Å². The summed E-state index contributed by atoms with van der Waals surface area (Å²) in [5.41, 5.74) is 8.32. The fourth-order valence-electron chi connectivity index (χ4n) is 4.48. The molecule has 5 aromatic rings. The Kier molecular flexibility index (Phi) is 6.16. The standard InChI is InChI=1S/C32H22O4/c33-31(34)25-15-11-21(12-16-25)27-19-20-28(22-13-17-26(18-14-22)32(35)36)30(24-9-5-2-6-10-24)29(27)23-7-3-1-4-8-23/h1-20H,(H,33,34)(H,35,36). The molecular weight excluding hydrogens is 448 g/mol. The van der Waals surface area contributed by atoms with Crippen LogP contribution in [0.2, 0.25) is 0 Å². The molecule has 0 fully saturated rings. The number of carboxylic acid groups (broad SMARTS) is 2. The van der Waals surface area contributed by atoms with Crippen LogP contribution in [0.15, 0.2) is 121 Å². The summed E-state index contributed by atoms with van der Waals surface area (Å²) in [6, 6.07) is 38.1. The van der Waals surface area contributed by atoms with Crippen LogP contribution in [-0.4, -0.2) is 22.2 Å². The molecule has 0 aliphatic carbocycles. The predicted octanol–water partition coefficient (Wildman–Crippen LogP) is 7.75. The van der Waals surface area contributed by atoms with Gasteiger partial charge in [0.2, 0.25) is 0 Å². The first-order valence-corrected chi connectivity index (χ1v) is 11.5. The second-order valence-corrected chi connectivity index (χ2v) is 8.41. The highest BCUT2D eigenvalue weighted by atomic mass is 16.4. The summed E-state index contributed by atoms with van der Waals surface area (Å²) in [6.45, 7) is 0. The normalized spacial score (nSPS) is 10.7. The number of benzene rings is 5. The minimum atomic E-state index is -0.963. The SMILES string of the molecule is O=C(O)c1ccc(-c2ccc(-c3ccc(C(=O)O)cc3)c(-c3ccccc3)c2-c2ccccc2)cc1. The third-order valence-corrected chi connectivity index (χ3v) is 6.22. The first kappa shape index (κ1) is 22.8. The first-order valence-electron chi connectivity index (χ1n) is 11.5. The van der Waals surface area contributed by atoms with E-state index < -0.39 is 11.9 Å². The van der Waals surface area contributed by atoms with Crippen LogP contribution in [0.5, 0.6) is 0 Å². The van der Waals surface area contributed by atoms with Crippen molar-refractivity contribution in [3.05, 3.63) is 132 Å². The summed E-state index contributed by atoms with van der Waals surface area (Å²) in [4.78, 5) is 22.8. The van der Waals surface area contributed by atoms with Crippen LogP contribution in [0.25, 0.3) is 44.5 Å². The number of hydrogen-bond acceptors (Lipinski definition) is 2. The summed E-state index contributed by atoms with van der Waals surface area (Å²) < 4.78 is 0. The number of carboxylic acids is 2. The summed E-state index contributed by atoms with van der Waals surface area (Å²) in [7, 11) is 0. The molecule has 0 amide bonds. The minimum absolute atomic E-state index is 0.235. The fraction of sp³-hybridized carbons (Fsp3) is 0. The van der Waals surface area contributed by atoms with Gasteiger partial charge in [-0.05, 0) is 68.8 Å². The van der Waals surface area contributed by atoms with Crippen molar-refractivity contribution in [2.75, 3.05) is 0 Å². The van der Waals surface area contributed by atoms with Gasteiger partial charge in [0.1, 0.15) is 0 Å². The molecule has 2 N–H and O–H groups in total. The average molecular weight is 471 g/mol. The highest BCUT2D eigenvalue weighted by Gasteiger charge is 2.19. The lowest BCUT2D eigenvalue weighted by atomic mass is 9.82. The van der Waals surface area contributed by atoms with Gasteiger partial charge in [0.05, 0.1) is 11.1 Å². The number of aromatic carboxylic acids is 2. The van der Waals surface area contributed by atoms with E-state index in [0.29, 0.717) is 0 Å². The Bertz CT molecular complexity index is 1420. The van der Waals surface area contributed by atoms with E-state index in [4.69, 9.17) is 0 Å². The molecule has 5 aromatic carbocycles. The second-order valence-electron chi connectivity index (χ2n) is 8.41. The van der Waals surface area contributed by atoms with Crippen LogP contribution in [0.4, 0.5) is 0 Å². The monoisotopic (exact) mass is 470 g/mol. The molecule has 0 unspecified atom stereocenters. The van der Waals surface area contributed by atoms with Crippen LogP contribution in [-0.2, 0) is 0 Å². The van der Waals surface area contributed by atoms with E-state index in [1.807, 2.05) is 72.8 Å². The molecule has 0 heterocycles. The Morgan fingerprint density at radius 1 is 0.389 bits per heavy atom. The highest BCUT2D eigenvalue weighted by molar-refractivity contribution is 6.02. The lowest BCUT2D eigenvalue weighted by Gasteiger charge is -2.21. The van der Waals surface area contributed by atoms with Crippen LogP contribution in [0.3, 0.4) is 0 Å². The Morgan fingerprint density at radius 2 is 0.722 bits per heavy atom. The van der Waals surface area contributed by atoms with Crippen molar-refractivity contribution in [2.45, 2.75) is 0 Å². The van der Waals surface area contributed by atoms with Gasteiger partial charge >= 0.3 is 11.9 Å². The Hall–Kier alpha value is -4.96. The van der Waals surface area contributed by atoms with Crippen molar-refractivity contribution in [2.24, 2.45) is 0 Å². The molecule has 4 nitrogen and oxygen atoms in total. The van der Waals surface area contributed by atoms with Crippen LogP contribution < -0.4 is 0 Å². The molecule has 0 atom stereocenters. The zero-order valence-electron chi connectivity index (χ0n) is 19.3. The van der Waals surface area contributed by atoms with Crippen molar-refractivity contribution in [1.82, 2.24) is 0 Å². The van der Waals surface area contributed by atoms with Gasteiger partial charge in [-0.25, -0.2) is 9.59 Å². The van der Waals surface area contributed by atoms with Crippen molar-refractivity contribution >= 4 is 11.9 Å². The topological polar surface area (TPSA) is 74.6 Å². The maximum absolute atomic E-state index is 11.4. The second kappa shape index (κ2) is 9.72. The van der Waals surface area contributed by atoms with E-state index >= 15 is 0 Å². The molecule has 0 radical (unpaired) electrons.